The number of alkyl halides is 3. The fourth-order valence-corrected chi connectivity index (χ4v) is 4.71. The van der Waals surface area contributed by atoms with Crippen LogP contribution in [0.25, 0.3) is 0 Å². The van der Waals surface area contributed by atoms with Crippen molar-refractivity contribution in [3.8, 4) is 0 Å². The summed E-state index contributed by atoms with van der Waals surface area (Å²) in [5, 5.41) is 16.5. The van der Waals surface area contributed by atoms with E-state index in [2.05, 4.69) is 10.6 Å². The summed E-state index contributed by atoms with van der Waals surface area (Å²) in [5.41, 5.74) is -1.68. The number of carbonyl (C=O) groups is 3. The van der Waals surface area contributed by atoms with Crippen molar-refractivity contribution in [2.24, 2.45) is 0 Å². The Morgan fingerprint density at radius 3 is 2.14 bits per heavy atom. The van der Waals surface area contributed by atoms with Gasteiger partial charge >= 0.3 is 12.3 Å². The first kappa shape index (κ1) is 33.9. The molecule has 1 fully saturated rings. The van der Waals surface area contributed by atoms with Gasteiger partial charge in [-0.05, 0) is 63.8 Å². The molecule has 3 amide bonds. The minimum atomic E-state index is -4.48. The maximum atomic E-state index is 13.5. The molecule has 1 heterocycles. The Balaban J connectivity index is 1.63. The van der Waals surface area contributed by atoms with E-state index < -0.39 is 52.9 Å². The van der Waals surface area contributed by atoms with Crippen LogP contribution in [0.3, 0.4) is 0 Å². The van der Waals surface area contributed by atoms with E-state index in [0.29, 0.717) is 5.56 Å². The number of alkyl carbamates (subject to hydrolysis) is 1. The van der Waals surface area contributed by atoms with Gasteiger partial charge in [0, 0.05) is 25.6 Å². The van der Waals surface area contributed by atoms with E-state index in [4.69, 9.17) is 9.47 Å². The van der Waals surface area contributed by atoms with Crippen LogP contribution < -0.4 is 10.6 Å². The smallest absolute Gasteiger partial charge is 0.416 e. The summed E-state index contributed by atoms with van der Waals surface area (Å²) in [5.74, 6) is -0.896. The third-order valence-electron chi connectivity index (χ3n) is 6.94. The number of halogens is 3. The van der Waals surface area contributed by atoms with Crippen LogP contribution in [0.4, 0.5) is 18.0 Å². The molecule has 2 atom stereocenters. The number of hydrogen-bond acceptors (Lipinski definition) is 6. The average Bonchev–Trinajstić information content (AvgIpc) is 2.91. The largest absolute Gasteiger partial charge is 0.444 e. The Morgan fingerprint density at radius 1 is 0.977 bits per heavy atom. The van der Waals surface area contributed by atoms with E-state index in [9.17, 15) is 32.7 Å². The predicted molar refractivity (Wildman–Crippen MR) is 153 cm³/mol. The maximum Gasteiger partial charge on any atom is 0.416 e. The summed E-state index contributed by atoms with van der Waals surface area (Å²) in [6.45, 7) is 7.15. The van der Waals surface area contributed by atoms with Crippen molar-refractivity contribution in [1.29, 1.82) is 0 Å². The lowest BCUT2D eigenvalue weighted by molar-refractivity contribution is -0.142. The zero-order valence-electron chi connectivity index (χ0n) is 24.9. The lowest BCUT2D eigenvalue weighted by Crippen LogP contribution is -2.55. The first-order valence-corrected chi connectivity index (χ1v) is 14.2. The molecular weight excluding hydrogens is 567 g/mol. The summed E-state index contributed by atoms with van der Waals surface area (Å²) >= 11 is 0. The number of rotatable bonds is 10. The summed E-state index contributed by atoms with van der Waals surface area (Å²) in [7, 11) is 0. The quantitative estimate of drug-likeness (QED) is 0.366. The fraction of sp³-hybridized carbons (Fsp3) is 0.516. The van der Waals surface area contributed by atoms with Crippen LogP contribution in [0.1, 0.15) is 63.6 Å². The second kappa shape index (κ2) is 14.2. The Hall–Kier alpha value is -3.64. The molecule has 1 saturated heterocycles. The number of piperidine rings is 1. The van der Waals surface area contributed by atoms with Gasteiger partial charge in [0.05, 0.1) is 24.4 Å². The highest BCUT2D eigenvalue weighted by molar-refractivity contribution is 5.88. The average molecular weight is 608 g/mol. The van der Waals surface area contributed by atoms with Crippen LogP contribution in [-0.4, -0.2) is 65.3 Å². The summed E-state index contributed by atoms with van der Waals surface area (Å²) in [6, 6.07) is 12.1. The lowest BCUT2D eigenvalue weighted by atomic mass is 9.84. The van der Waals surface area contributed by atoms with Gasteiger partial charge in [-0.25, -0.2) is 4.79 Å². The van der Waals surface area contributed by atoms with Crippen LogP contribution >= 0.6 is 0 Å². The van der Waals surface area contributed by atoms with E-state index in [1.165, 1.54) is 17.0 Å². The molecule has 2 aromatic carbocycles. The molecule has 12 heteroatoms. The second-order valence-electron chi connectivity index (χ2n) is 11.8. The van der Waals surface area contributed by atoms with Crippen molar-refractivity contribution in [3.05, 3.63) is 71.3 Å². The third-order valence-corrected chi connectivity index (χ3v) is 6.94. The van der Waals surface area contributed by atoms with Crippen molar-refractivity contribution < 1.29 is 42.1 Å². The molecule has 236 valence electrons. The minimum Gasteiger partial charge on any atom is -0.444 e. The molecule has 2 aromatic rings. The zero-order valence-corrected chi connectivity index (χ0v) is 24.9. The molecular formula is C31H40F3N3O6. The normalized spacial score (nSPS) is 16.6. The highest BCUT2D eigenvalue weighted by atomic mass is 19.4. The summed E-state index contributed by atoms with van der Waals surface area (Å²) < 4.78 is 49.9. The van der Waals surface area contributed by atoms with Crippen LogP contribution in [0.2, 0.25) is 0 Å². The van der Waals surface area contributed by atoms with Crippen LogP contribution in [0.5, 0.6) is 0 Å². The van der Waals surface area contributed by atoms with Crippen molar-refractivity contribution in [1.82, 2.24) is 15.5 Å². The molecule has 0 aromatic heterocycles. The molecule has 0 radical (unpaired) electrons. The topological polar surface area (TPSA) is 117 Å². The van der Waals surface area contributed by atoms with Crippen molar-refractivity contribution in [2.45, 2.75) is 83.0 Å². The van der Waals surface area contributed by atoms with Gasteiger partial charge in [-0.2, -0.15) is 13.2 Å². The van der Waals surface area contributed by atoms with Gasteiger partial charge in [-0.15, -0.1) is 0 Å². The number of benzene rings is 2. The number of nitrogens with zero attached hydrogens (tertiary/aromatic N) is 1. The Morgan fingerprint density at radius 2 is 1.58 bits per heavy atom. The maximum absolute atomic E-state index is 13.5. The first-order chi connectivity index (χ1) is 20.1. The van der Waals surface area contributed by atoms with E-state index in [0.717, 1.165) is 17.7 Å². The van der Waals surface area contributed by atoms with E-state index in [-0.39, 0.29) is 45.6 Å². The molecule has 1 aliphatic rings. The second-order valence-corrected chi connectivity index (χ2v) is 11.8. The predicted octanol–water partition coefficient (Wildman–Crippen LogP) is 4.52. The number of ether oxygens (including phenoxy) is 2. The molecule has 9 nitrogen and oxygen atoms in total. The molecule has 3 rings (SSSR count). The van der Waals surface area contributed by atoms with Crippen LogP contribution in [-0.2, 0) is 37.4 Å². The molecule has 43 heavy (non-hydrogen) atoms. The molecule has 0 aliphatic carbocycles. The molecule has 1 aliphatic heterocycles. The van der Waals surface area contributed by atoms with Gasteiger partial charge in [0.2, 0.25) is 11.8 Å². The summed E-state index contributed by atoms with van der Waals surface area (Å²) in [4.78, 5) is 40.0. The molecule has 0 saturated carbocycles. The van der Waals surface area contributed by atoms with Gasteiger partial charge in [0.15, 0.2) is 0 Å². The Bertz CT molecular complexity index is 1220. The highest BCUT2D eigenvalue weighted by Crippen LogP contribution is 2.35. The van der Waals surface area contributed by atoms with Gasteiger partial charge in [-0.3, -0.25) is 9.59 Å². The van der Waals surface area contributed by atoms with E-state index in [1.807, 2.05) is 30.3 Å². The SMILES string of the molecule is CC(CC(=O)N[C@H](COCc1ccccc1)C(=O)N1CCC(O)(c2ccc(C(F)(F)F)cc2)CC1)NC(=O)OC(C)(C)C. The first-order valence-electron chi connectivity index (χ1n) is 14.2. The molecule has 0 bridgehead atoms. The molecule has 1 unspecified atom stereocenters. The van der Waals surface area contributed by atoms with Crippen molar-refractivity contribution in [3.63, 3.8) is 0 Å². The third kappa shape index (κ3) is 10.5. The van der Waals surface area contributed by atoms with Crippen LogP contribution in [0, 0.1) is 0 Å². The van der Waals surface area contributed by atoms with E-state index >= 15 is 0 Å². The highest BCUT2D eigenvalue weighted by Gasteiger charge is 2.38. The summed E-state index contributed by atoms with van der Waals surface area (Å²) in [6.07, 6.45) is -5.06. The molecule has 3 N–H and O–H groups in total. The Kier molecular flexibility index (Phi) is 11.2. The van der Waals surface area contributed by atoms with Crippen molar-refractivity contribution >= 4 is 17.9 Å². The molecule has 0 spiro atoms. The minimum absolute atomic E-state index is 0.104. The number of carbonyl (C=O) groups excluding carboxylic acids is 3. The lowest BCUT2D eigenvalue weighted by Gasteiger charge is -2.39. The van der Waals surface area contributed by atoms with Gasteiger partial charge in [0.1, 0.15) is 11.6 Å². The number of hydrogen-bond donors (Lipinski definition) is 3. The number of amides is 3. The monoisotopic (exact) mass is 607 g/mol. The van der Waals surface area contributed by atoms with Crippen molar-refractivity contribution in [2.75, 3.05) is 19.7 Å². The van der Waals surface area contributed by atoms with Gasteiger partial charge in [0.25, 0.3) is 0 Å². The zero-order chi connectivity index (χ0) is 31.8. The standard InChI is InChI=1S/C31H40F3N3O6/c1-21(35-28(40)43-29(2,3)4)18-26(38)36-25(20-42-19-22-8-6-5-7-9-22)27(39)37-16-14-30(41,15-17-37)23-10-12-24(13-11-23)31(32,33)34/h5-13,21,25,41H,14-20H2,1-4H3,(H,35,40)(H,36,38)/t21?,25-/m1/s1. The van der Waals surface area contributed by atoms with E-state index in [1.54, 1.807) is 27.7 Å². The Labute approximate surface area is 249 Å². The van der Waals surface area contributed by atoms with Crippen LogP contribution in [0.15, 0.2) is 54.6 Å². The fourth-order valence-electron chi connectivity index (χ4n) is 4.71. The van der Waals surface area contributed by atoms with Gasteiger partial charge < -0.3 is 30.1 Å². The number of aliphatic hydroxyl groups is 1. The number of likely N-dealkylation sites (tertiary alicyclic amines) is 1. The van der Waals surface area contributed by atoms with Gasteiger partial charge in [-0.1, -0.05) is 42.5 Å². The number of nitrogens with one attached hydrogen (secondary N) is 2.